The summed E-state index contributed by atoms with van der Waals surface area (Å²) in [5, 5.41) is 2.68. The highest BCUT2D eigenvalue weighted by atomic mass is 16.5. The van der Waals surface area contributed by atoms with Crippen LogP contribution >= 0.6 is 0 Å². The highest BCUT2D eigenvalue weighted by molar-refractivity contribution is 5.95. The summed E-state index contributed by atoms with van der Waals surface area (Å²) in [5.41, 5.74) is 1.50. The molecule has 0 fully saturated rings. The maximum absolute atomic E-state index is 11.0. The largest absolute Gasteiger partial charge is 0.482 e. The van der Waals surface area contributed by atoms with Crippen molar-refractivity contribution in [3.8, 4) is 5.75 Å². The monoisotopic (exact) mass is 191 g/mol. The number of fused-ring (bicyclic) bond motifs is 1. The first kappa shape index (κ1) is 8.74. The third kappa shape index (κ3) is 1.59. The third-order valence-electron chi connectivity index (χ3n) is 2.00. The number of benzene rings is 1. The first-order valence-electron chi connectivity index (χ1n) is 4.29. The van der Waals surface area contributed by atoms with E-state index in [9.17, 15) is 9.59 Å². The summed E-state index contributed by atoms with van der Waals surface area (Å²) < 4.78 is 5.17. The number of carbonyl (C=O) groups is 2. The normalized spacial score (nSPS) is 13.9. The van der Waals surface area contributed by atoms with Crippen molar-refractivity contribution in [3.05, 3.63) is 23.8 Å². The van der Waals surface area contributed by atoms with Crippen LogP contribution in [0.3, 0.4) is 0 Å². The summed E-state index contributed by atoms with van der Waals surface area (Å²) in [5.74, 6) is 0.486. The second-order valence-electron chi connectivity index (χ2n) is 3.04. The van der Waals surface area contributed by atoms with Gasteiger partial charge in [-0.05, 0) is 17.7 Å². The number of hydrogen-bond acceptors (Lipinski definition) is 3. The summed E-state index contributed by atoms with van der Waals surface area (Å²) in [6, 6.07) is 5.32. The lowest BCUT2D eigenvalue weighted by molar-refractivity contribution is -0.118. The summed E-state index contributed by atoms with van der Waals surface area (Å²) >= 11 is 0. The standard InChI is InChI=1S/C10H9NO3/c12-4-3-7-1-2-9-8(5-7)11-10(13)6-14-9/h1-2,4-5H,3,6H2,(H,11,13). The molecule has 0 unspecified atom stereocenters. The number of carbonyl (C=O) groups excluding carboxylic acids is 2. The van der Waals surface area contributed by atoms with Gasteiger partial charge in [0.2, 0.25) is 0 Å². The molecule has 4 heteroatoms. The number of anilines is 1. The molecule has 1 amide bonds. The van der Waals surface area contributed by atoms with Crippen molar-refractivity contribution in [3.63, 3.8) is 0 Å². The Morgan fingerprint density at radius 1 is 1.50 bits per heavy atom. The van der Waals surface area contributed by atoms with E-state index < -0.39 is 0 Å². The van der Waals surface area contributed by atoms with E-state index in [1.165, 1.54) is 0 Å². The Morgan fingerprint density at radius 2 is 2.36 bits per heavy atom. The Morgan fingerprint density at radius 3 is 3.14 bits per heavy atom. The van der Waals surface area contributed by atoms with E-state index in [1.807, 2.05) is 6.07 Å². The van der Waals surface area contributed by atoms with Crippen molar-refractivity contribution in [2.24, 2.45) is 0 Å². The molecule has 14 heavy (non-hydrogen) atoms. The van der Waals surface area contributed by atoms with E-state index in [2.05, 4.69) is 5.32 Å². The van der Waals surface area contributed by atoms with E-state index in [1.54, 1.807) is 12.1 Å². The van der Waals surface area contributed by atoms with Crippen LogP contribution in [0.1, 0.15) is 5.56 Å². The highest BCUT2D eigenvalue weighted by Gasteiger charge is 2.15. The Balaban J connectivity index is 2.32. The molecule has 0 aromatic heterocycles. The van der Waals surface area contributed by atoms with Crippen LogP contribution < -0.4 is 10.1 Å². The minimum Gasteiger partial charge on any atom is -0.482 e. The van der Waals surface area contributed by atoms with Crippen LogP contribution in [0.4, 0.5) is 5.69 Å². The Kier molecular flexibility index (Phi) is 2.18. The molecule has 0 saturated carbocycles. The number of amides is 1. The van der Waals surface area contributed by atoms with Crippen LogP contribution in [-0.4, -0.2) is 18.8 Å². The molecule has 0 spiro atoms. The second-order valence-corrected chi connectivity index (χ2v) is 3.04. The average molecular weight is 191 g/mol. The van der Waals surface area contributed by atoms with Gasteiger partial charge in [-0.2, -0.15) is 0 Å². The van der Waals surface area contributed by atoms with Crippen molar-refractivity contribution < 1.29 is 14.3 Å². The predicted molar refractivity (Wildman–Crippen MR) is 50.3 cm³/mol. The summed E-state index contributed by atoms with van der Waals surface area (Å²) in [7, 11) is 0. The SMILES string of the molecule is O=CCc1ccc2c(c1)NC(=O)CO2. The van der Waals surface area contributed by atoms with E-state index >= 15 is 0 Å². The number of aldehydes is 1. The van der Waals surface area contributed by atoms with E-state index in [-0.39, 0.29) is 12.5 Å². The quantitative estimate of drug-likeness (QED) is 0.702. The average Bonchev–Trinajstić information content (AvgIpc) is 2.17. The van der Waals surface area contributed by atoms with Crippen LogP contribution in [0, 0.1) is 0 Å². The fraction of sp³-hybridized carbons (Fsp3) is 0.200. The number of nitrogens with one attached hydrogen (secondary N) is 1. The maximum atomic E-state index is 11.0. The van der Waals surface area contributed by atoms with Gasteiger partial charge in [-0.25, -0.2) is 0 Å². The van der Waals surface area contributed by atoms with Crippen LogP contribution in [-0.2, 0) is 16.0 Å². The van der Waals surface area contributed by atoms with Gasteiger partial charge in [-0.3, -0.25) is 4.79 Å². The minimum atomic E-state index is -0.166. The molecule has 72 valence electrons. The van der Waals surface area contributed by atoms with Crippen LogP contribution in [0.2, 0.25) is 0 Å². The van der Waals surface area contributed by atoms with Crippen molar-refractivity contribution in [2.75, 3.05) is 11.9 Å². The third-order valence-corrected chi connectivity index (χ3v) is 2.00. The molecule has 1 aliphatic rings. The maximum Gasteiger partial charge on any atom is 0.262 e. The second kappa shape index (κ2) is 3.49. The number of rotatable bonds is 2. The molecule has 0 aliphatic carbocycles. The molecule has 0 bridgehead atoms. The fourth-order valence-corrected chi connectivity index (χ4v) is 1.35. The Labute approximate surface area is 80.9 Å². The molecule has 1 aromatic carbocycles. The zero-order valence-electron chi connectivity index (χ0n) is 7.45. The lowest BCUT2D eigenvalue weighted by Gasteiger charge is -2.18. The van der Waals surface area contributed by atoms with Crippen LogP contribution in [0.5, 0.6) is 5.75 Å². The smallest absolute Gasteiger partial charge is 0.262 e. The summed E-state index contributed by atoms with van der Waals surface area (Å²) in [6.07, 6.45) is 1.18. The van der Waals surface area contributed by atoms with Gasteiger partial charge in [0.15, 0.2) is 6.61 Å². The molecule has 1 aromatic rings. The minimum absolute atomic E-state index is 0.0556. The first-order chi connectivity index (χ1) is 6.79. The molecule has 1 N–H and O–H groups in total. The number of ether oxygens (including phenoxy) is 1. The van der Waals surface area contributed by atoms with Gasteiger partial charge in [0, 0.05) is 6.42 Å². The highest BCUT2D eigenvalue weighted by Crippen LogP contribution is 2.28. The lowest BCUT2D eigenvalue weighted by atomic mass is 10.1. The molecular formula is C10H9NO3. The molecule has 0 saturated heterocycles. The van der Waals surface area contributed by atoms with Crippen LogP contribution in [0.25, 0.3) is 0 Å². The van der Waals surface area contributed by atoms with Gasteiger partial charge < -0.3 is 14.8 Å². The van der Waals surface area contributed by atoms with Gasteiger partial charge in [0.1, 0.15) is 12.0 Å². The van der Waals surface area contributed by atoms with E-state index in [0.29, 0.717) is 17.9 Å². The molecule has 0 atom stereocenters. The number of hydrogen-bond donors (Lipinski definition) is 1. The molecule has 0 radical (unpaired) electrons. The van der Waals surface area contributed by atoms with Crippen molar-refractivity contribution in [1.29, 1.82) is 0 Å². The molecule has 4 nitrogen and oxygen atoms in total. The molecule has 2 rings (SSSR count). The summed E-state index contributed by atoms with van der Waals surface area (Å²) in [4.78, 5) is 21.3. The molecule has 1 aliphatic heterocycles. The van der Waals surface area contributed by atoms with Crippen molar-refractivity contribution >= 4 is 17.9 Å². The van der Waals surface area contributed by atoms with Gasteiger partial charge in [0.25, 0.3) is 5.91 Å². The van der Waals surface area contributed by atoms with Gasteiger partial charge in [-0.1, -0.05) is 6.07 Å². The van der Waals surface area contributed by atoms with Gasteiger partial charge in [0.05, 0.1) is 5.69 Å². The zero-order chi connectivity index (χ0) is 9.97. The van der Waals surface area contributed by atoms with Crippen molar-refractivity contribution in [1.82, 2.24) is 0 Å². The summed E-state index contributed by atoms with van der Waals surface area (Å²) in [6.45, 7) is 0.0556. The lowest BCUT2D eigenvalue weighted by Crippen LogP contribution is -2.25. The topological polar surface area (TPSA) is 55.4 Å². The Bertz CT molecular complexity index is 387. The van der Waals surface area contributed by atoms with E-state index in [0.717, 1.165) is 11.8 Å². The fourth-order valence-electron chi connectivity index (χ4n) is 1.35. The molecular weight excluding hydrogens is 182 g/mol. The molecule has 1 heterocycles. The van der Waals surface area contributed by atoms with Crippen molar-refractivity contribution in [2.45, 2.75) is 6.42 Å². The van der Waals surface area contributed by atoms with Gasteiger partial charge >= 0.3 is 0 Å². The van der Waals surface area contributed by atoms with Gasteiger partial charge in [-0.15, -0.1) is 0 Å². The Hall–Kier alpha value is -1.84. The van der Waals surface area contributed by atoms with E-state index in [4.69, 9.17) is 4.74 Å². The zero-order valence-corrected chi connectivity index (χ0v) is 7.45. The van der Waals surface area contributed by atoms with Crippen LogP contribution in [0.15, 0.2) is 18.2 Å². The first-order valence-corrected chi connectivity index (χ1v) is 4.29. The predicted octanol–water partition coefficient (Wildman–Crippen LogP) is 0.759.